The number of aryl methyl sites for hydroxylation is 1. The van der Waals surface area contributed by atoms with Gasteiger partial charge < -0.3 is 4.90 Å². The molecule has 0 aromatic heterocycles. The van der Waals surface area contributed by atoms with Gasteiger partial charge in [-0.2, -0.15) is 0 Å². The summed E-state index contributed by atoms with van der Waals surface area (Å²) in [6.45, 7) is 2.01. The molecule has 0 bridgehead atoms. The lowest BCUT2D eigenvalue weighted by molar-refractivity contribution is 0.0992. The summed E-state index contributed by atoms with van der Waals surface area (Å²) in [5.74, 6) is -4.96. The Hall–Kier alpha value is -2.30. The van der Waals surface area contributed by atoms with Crippen LogP contribution in [0.25, 0.3) is 0 Å². The standard InChI is InChI=1S/C16H14F3NO/c1-3-10-4-6-12(7-5-10)20(2)16(21)11-8-13(17)15(19)14(18)9-11/h4-9H,3H2,1-2H3. The van der Waals surface area contributed by atoms with Crippen LogP contribution in [-0.2, 0) is 6.42 Å². The molecule has 5 heteroatoms. The molecule has 0 aliphatic heterocycles. The molecule has 1 amide bonds. The molecule has 2 rings (SSSR count). The number of hydrogen-bond donors (Lipinski definition) is 0. The quantitative estimate of drug-likeness (QED) is 0.785. The molecule has 2 aromatic carbocycles. The lowest BCUT2D eigenvalue weighted by Crippen LogP contribution is -2.26. The van der Waals surface area contributed by atoms with E-state index < -0.39 is 23.4 Å². The first-order valence-electron chi connectivity index (χ1n) is 6.45. The first-order valence-corrected chi connectivity index (χ1v) is 6.45. The number of nitrogens with zero attached hydrogens (tertiary/aromatic N) is 1. The highest BCUT2D eigenvalue weighted by atomic mass is 19.2. The predicted octanol–water partition coefficient (Wildman–Crippen LogP) is 3.94. The van der Waals surface area contributed by atoms with Crippen molar-refractivity contribution in [1.29, 1.82) is 0 Å². The number of carbonyl (C=O) groups is 1. The number of amides is 1. The van der Waals surface area contributed by atoms with Crippen LogP contribution in [0.15, 0.2) is 36.4 Å². The van der Waals surface area contributed by atoms with Crippen LogP contribution in [0.3, 0.4) is 0 Å². The summed E-state index contributed by atoms with van der Waals surface area (Å²) in [6.07, 6.45) is 0.867. The molecule has 0 aliphatic carbocycles. The SMILES string of the molecule is CCc1ccc(N(C)C(=O)c2cc(F)c(F)c(F)c2)cc1. The van der Waals surface area contributed by atoms with Crippen LogP contribution in [0.4, 0.5) is 18.9 Å². The zero-order valence-corrected chi connectivity index (χ0v) is 11.7. The second kappa shape index (κ2) is 5.99. The Morgan fingerprint density at radius 3 is 2.05 bits per heavy atom. The van der Waals surface area contributed by atoms with Crippen LogP contribution >= 0.6 is 0 Å². The summed E-state index contributed by atoms with van der Waals surface area (Å²) >= 11 is 0. The largest absolute Gasteiger partial charge is 0.311 e. The van der Waals surface area contributed by atoms with E-state index in [4.69, 9.17) is 0 Å². The Bertz CT molecular complexity index is 645. The summed E-state index contributed by atoms with van der Waals surface area (Å²) in [4.78, 5) is 13.4. The smallest absolute Gasteiger partial charge is 0.258 e. The van der Waals surface area contributed by atoms with E-state index in [0.29, 0.717) is 17.8 Å². The molecule has 110 valence electrons. The molecule has 0 N–H and O–H groups in total. The molecule has 21 heavy (non-hydrogen) atoms. The molecule has 0 heterocycles. The van der Waals surface area contributed by atoms with Gasteiger partial charge in [0.1, 0.15) is 0 Å². The monoisotopic (exact) mass is 293 g/mol. The number of benzene rings is 2. The molecule has 0 radical (unpaired) electrons. The predicted molar refractivity (Wildman–Crippen MR) is 74.9 cm³/mol. The minimum absolute atomic E-state index is 0.242. The third kappa shape index (κ3) is 3.07. The number of rotatable bonds is 3. The maximum Gasteiger partial charge on any atom is 0.258 e. The molecule has 0 spiro atoms. The maximum atomic E-state index is 13.2. The summed E-state index contributed by atoms with van der Waals surface area (Å²) in [7, 11) is 1.49. The fourth-order valence-corrected chi connectivity index (χ4v) is 1.95. The number of hydrogen-bond acceptors (Lipinski definition) is 1. The lowest BCUT2D eigenvalue weighted by Gasteiger charge is -2.18. The highest BCUT2D eigenvalue weighted by Crippen LogP contribution is 2.19. The molecule has 2 aromatic rings. The van der Waals surface area contributed by atoms with Crippen molar-refractivity contribution in [2.24, 2.45) is 0 Å². The van der Waals surface area contributed by atoms with E-state index in [1.54, 1.807) is 12.1 Å². The van der Waals surface area contributed by atoms with E-state index in [9.17, 15) is 18.0 Å². The van der Waals surface area contributed by atoms with Crippen molar-refractivity contribution in [3.8, 4) is 0 Å². The van der Waals surface area contributed by atoms with Crippen LogP contribution in [-0.4, -0.2) is 13.0 Å². The minimum atomic E-state index is -1.58. The fraction of sp³-hybridized carbons (Fsp3) is 0.188. The highest BCUT2D eigenvalue weighted by molar-refractivity contribution is 6.05. The zero-order chi connectivity index (χ0) is 15.6. The topological polar surface area (TPSA) is 20.3 Å². The van der Waals surface area contributed by atoms with Gasteiger partial charge in [0, 0.05) is 18.3 Å². The van der Waals surface area contributed by atoms with Crippen molar-refractivity contribution in [2.45, 2.75) is 13.3 Å². The Morgan fingerprint density at radius 1 is 1.05 bits per heavy atom. The Labute approximate surface area is 120 Å². The van der Waals surface area contributed by atoms with Gasteiger partial charge in [0.05, 0.1) is 0 Å². The van der Waals surface area contributed by atoms with Crippen molar-refractivity contribution in [2.75, 3.05) is 11.9 Å². The zero-order valence-electron chi connectivity index (χ0n) is 11.7. The number of carbonyl (C=O) groups excluding carboxylic acids is 1. The molecular formula is C16H14F3NO. The summed E-state index contributed by atoms with van der Waals surface area (Å²) in [5, 5.41) is 0. The Morgan fingerprint density at radius 2 is 1.57 bits per heavy atom. The second-order valence-corrected chi connectivity index (χ2v) is 4.64. The lowest BCUT2D eigenvalue weighted by atomic mass is 10.1. The fourth-order valence-electron chi connectivity index (χ4n) is 1.95. The van der Waals surface area contributed by atoms with Gasteiger partial charge in [-0.05, 0) is 36.2 Å². The van der Waals surface area contributed by atoms with E-state index >= 15 is 0 Å². The molecule has 0 unspecified atom stereocenters. The molecular weight excluding hydrogens is 279 g/mol. The van der Waals surface area contributed by atoms with Crippen LogP contribution in [0, 0.1) is 17.5 Å². The van der Waals surface area contributed by atoms with Crippen molar-refractivity contribution in [1.82, 2.24) is 0 Å². The van der Waals surface area contributed by atoms with Crippen molar-refractivity contribution in [3.05, 3.63) is 65.0 Å². The van der Waals surface area contributed by atoms with Crippen molar-refractivity contribution >= 4 is 11.6 Å². The van der Waals surface area contributed by atoms with E-state index in [0.717, 1.165) is 12.0 Å². The van der Waals surface area contributed by atoms with Gasteiger partial charge in [-0.25, -0.2) is 13.2 Å². The molecule has 0 saturated carbocycles. The van der Waals surface area contributed by atoms with Gasteiger partial charge in [0.2, 0.25) is 0 Å². The first kappa shape index (κ1) is 15.1. The Balaban J connectivity index is 2.30. The van der Waals surface area contributed by atoms with Gasteiger partial charge in [0.15, 0.2) is 17.5 Å². The second-order valence-electron chi connectivity index (χ2n) is 4.64. The highest BCUT2D eigenvalue weighted by Gasteiger charge is 2.18. The number of anilines is 1. The maximum absolute atomic E-state index is 13.2. The number of halogens is 3. The van der Waals surface area contributed by atoms with Gasteiger partial charge in [-0.1, -0.05) is 19.1 Å². The third-order valence-corrected chi connectivity index (χ3v) is 3.27. The van der Waals surface area contributed by atoms with Crippen LogP contribution < -0.4 is 4.90 Å². The van der Waals surface area contributed by atoms with Gasteiger partial charge in [-0.15, -0.1) is 0 Å². The molecule has 0 saturated heterocycles. The van der Waals surface area contributed by atoms with Crippen LogP contribution in [0.5, 0.6) is 0 Å². The van der Waals surface area contributed by atoms with Crippen LogP contribution in [0.1, 0.15) is 22.8 Å². The summed E-state index contributed by atoms with van der Waals surface area (Å²) in [6, 6.07) is 8.60. The van der Waals surface area contributed by atoms with Gasteiger partial charge in [0.25, 0.3) is 5.91 Å². The van der Waals surface area contributed by atoms with Gasteiger partial charge >= 0.3 is 0 Å². The van der Waals surface area contributed by atoms with E-state index in [1.165, 1.54) is 11.9 Å². The minimum Gasteiger partial charge on any atom is -0.311 e. The van der Waals surface area contributed by atoms with Crippen molar-refractivity contribution < 1.29 is 18.0 Å². The van der Waals surface area contributed by atoms with Crippen molar-refractivity contribution in [3.63, 3.8) is 0 Å². The average molecular weight is 293 g/mol. The van der Waals surface area contributed by atoms with E-state index in [1.807, 2.05) is 19.1 Å². The Kier molecular flexibility index (Phi) is 4.31. The average Bonchev–Trinajstić information content (AvgIpc) is 2.50. The molecule has 0 aliphatic rings. The summed E-state index contributed by atoms with van der Waals surface area (Å²) < 4.78 is 39.3. The first-order chi connectivity index (χ1) is 9.93. The molecule has 2 nitrogen and oxygen atoms in total. The summed E-state index contributed by atoms with van der Waals surface area (Å²) in [5.41, 5.74) is 1.45. The third-order valence-electron chi connectivity index (χ3n) is 3.27. The molecule has 0 atom stereocenters. The van der Waals surface area contributed by atoms with E-state index in [-0.39, 0.29) is 5.56 Å². The van der Waals surface area contributed by atoms with Gasteiger partial charge in [-0.3, -0.25) is 4.79 Å². The van der Waals surface area contributed by atoms with Crippen LogP contribution in [0.2, 0.25) is 0 Å². The van der Waals surface area contributed by atoms with E-state index in [2.05, 4.69) is 0 Å². The normalized spacial score (nSPS) is 10.5. The molecule has 0 fully saturated rings.